The van der Waals surface area contributed by atoms with E-state index in [1.165, 1.54) is 11.1 Å². The summed E-state index contributed by atoms with van der Waals surface area (Å²) in [6, 6.07) is 33.4. The van der Waals surface area contributed by atoms with Gasteiger partial charge in [-0.2, -0.15) is 0 Å². The minimum atomic E-state index is -0.553. The number of rotatable bonds is 2. The third-order valence-corrected chi connectivity index (χ3v) is 6.86. The molecule has 2 heterocycles. The van der Waals surface area contributed by atoms with Crippen molar-refractivity contribution in [1.29, 1.82) is 0 Å². The molecule has 0 saturated carbocycles. The number of fused-ring (bicyclic) bond motifs is 5. The maximum Gasteiger partial charge on any atom is 0.122 e. The van der Waals surface area contributed by atoms with Crippen molar-refractivity contribution < 1.29 is 0 Å². The molecule has 2 nitrogen and oxygen atoms in total. The van der Waals surface area contributed by atoms with E-state index in [0.29, 0.717) is 10.0 Å². The summed E-state index contributed by atoms with van der Waals surface area (Å²) in [5, 5.41) is 9.21. The Hall–Kier alpha value is -2.94. The van der Waals surface area contributed by atoms with Gasteiger partial charge in [0.15, 0.2) is 0 Å². The van der Waals surface area contributed by atoms with Crippen molar-refractivity contribution in [3.8, 4) is 0 Å². The molecule has 0 spiro atoms. The maximum absolute atomic E-state index is 6.41. The lowest BCUT2D eigenvalue weighted by atomic mass is 9.66. The Labute approximate surface area is 185 Å². The Morgan fingerprint density at radius 2 is 0.900 bits per heavy atom. The van der Waals surface area contributed by atoms with E-state index in [1.54, 1.807) is 0 Å². The van der Waals surface area contributed by atoms with Gasteiger partial charge in [-0.05, 0) is 35.4 Å². The molecular weight excluding hydrogens is 411 g/mol. The summed E-state index contributed by atoms with van der Waals surface area (Å²) in [6.45, 7) is 0. The first-order chi connectivity index (χ1) is 14.6. The summed E-state index contributed by atoms with van der Waals surface area (Å²) in [6.07, 6.45) is 0. The van der Waals surface area contributed by atoms with Crippen LogP contribution in [0.25, 0.3) is 0 Å². The van der Waals surface area contributed by atoms with Crippen molar-refractivity contribution in [3.63, 3.8) is 0 Å². The molecule has 4 aromatic rings. The zero-order valence-corrected chi connectivity index (χ0v) is 17.5. The lowest BCUT2D eigenvalue weighted by Gasteiger charge is -2.42. The van der Waals surface area contributed by atoms with Gasteiger partial charge >= 0.3 is 0 Å². The van der Waals surface area contributed by atoms with E-state index in [1.807, 2.05) is 24.3 Å². The van der Waals surface area contributed by atoms with Gasteiger partial charge in [-0.25, -0.2) is 0 Å². The molecular formula is C26H18Cl2N2. The van der Waals surface area contributed by atoms with Crippen molar-refractivity contribution in [2.24, 2.45) is 0 Å². The molecule has 0 bridgehead atoms. The Morgan fingerprint density at radius 1 is 0.500 bits per heavy atom. The number of benzene rings is 4. The summed E-state index contributed by atoms with van der Waals surface area (Å²) in [7, 11) is 0. The van der Waals surface area contributed by atoms with Crippen molar-refractivity contribution >= 4 is 34.6 Å². The molecule has 30 heavy (non-hydrogen) atoms. The molecule has 0 amide bonds. The highest BCUT2D eigenvalue weighted by atomic mass is 35.5. The number of anilines is 2. The summed E-state index contributed by atoms with van der Waals surface area (Å²) in [4.78, 5) is 0. The molecule has 0 fully saturated rings. The molecule has 2 aliphatic rings. The molecule has 2 unspecified atom stereocenters. The topological polar surface area (TPSA) is 24.1 Å². The van der Waals surface area contributed by atoms with Crippen molar-refractivity contribution in [2.75, 3.05) is 10.6 Å². The molecule has 2 aliphatic heterocycles. The average molecular weight is 429 g/mol. The number of hydrogen-bond donors (Lipinski definition) is 2. The van der Waals surface area contributed by atoms with E-state index in [0.717, 1.165) is 22.5 Å². The molecule has 0 radical (unpaired) electrons. The molecule has 0 aromatic heterocycles. The predicted octanol–water partition coefficient (Wildman–Crippen LogP) is 7.03. The quantitative estimate of drug-likeness (QED) is 0.357. The lowest BCUT2D eigenvalue weighted by molar-refractivity contribution is 0.439. The number of nitrogens with one attached hydrogen (secondary N) is 2. The molecule has 2 N–H and O–H groups in total. The normalized spacial score (nSPS) is 23.1. The Balaban J connectivity index is 1.78. The van der Waals surface area contributed by atoms with Gasteiger partial charge in [-0.15, -0.1) is 0 Å². The van der Waals surface area contributed by atoms with Gasteiger partial charge < -0.3 is 10.6 Å². The monoisotopic (exact) mass is 428 g/mol. The molecule has 6 rings (SSSR count). The van der Waals surface area contributed by atoms with Crippen LogP contribution in [0, 0.1) is 0 Å². The van der Waals surface area contributed by atoms with Crippen LogP contribution in [0.15, 0.2) is 97.1 Å². The van der Waals surface area contributed by atoms with Crippen LogP contribution in [0.5, 0.6) is 0 Å². The van der Waals surface area contributed by atoms with Crippen LogP contribution in [0.2, 0.25) is 10.0 Å². The molecule has 4 heteroatoms. The largest absolute Gasteiger partial charge is 0.369 e. The van der Waals surface area contributed by atoms with E-state index >= 15 is 0 Å². The van der Waals surface area contributed by atoms with Crippen LogP contribution in [-0.4, -0.2) is 0 Å². The summed E-state index contributed by atoms with van der Waals surface area (Å²) >= 11 is 12.8. The summed E-state index contributed by atoms with van der Waals surface area (Å²) < 4.78 is 0. The Bertz CT molecular complexity index is 1170. The van der Waals surface area contributed by atoms with Gasteiger partial charge in [0.2, 0.25) is 0 Å². The van der Waals surface area contributed by atoms with Crippen molar-refractivity contribution in [2.45, 2.75) is 11.1 Å². The van der Waals surface area contributed by atoms with E-state index < -0.39 is 11.1 Å². The molecule has 2 atom stereocenters. The van der Waals surface area contributed by atoms with Crippen LogP contribution in [0.4, 0.5) is 11.4 Å². The molecule has 4 aromatic carbocycles. The third kappa shape index (κ3) is 2.15. The van der Waals surface area contributed by atoms with Crippen LogP contribution in [0.1, 0.15) is 22.3 Å². The Kier molecular flexibility index (Phi) is 3.74. The van der Waals surface area contributed by atoms with E-state index in [2.05, 4.69) is 83.4 Å². The second-order valence-electron chi connectivity index (χ2n) is 7.86. The molecule has 0 saturated heterocycles. The highest BCUT2D eigenvalue weighted by Crippen LogP contribution is 2.64. The summed E-state index contributed by atoms with van der Waals surface area (Å²) in [5.41, 5.74) is 5.63. The average Bonchev–Trinajstić information content (AvgIpc) is 3.21. The van der Waals surface area contributed by atoms with Crippen LogP contribution < -0.4 is 10.6 Å². The first-order valence-electron chi connectivity index (χ1n) is 9.93. The van der Waals surface area contributed by atoms with Crippen molar-refractivity contribution in [1.82, 2.24) is 0 Å². The van der Waals surface area contributed by atoms with E-state index in [4.69, 9.17) is 23.2 Å². The first kappa shape index (κ1) is 17.9. The molecule has 146 valence electrons. The fraction of sp³-hybridized carbons (Fsp3) is 0.0769. The van der Waals surface area contributed by atoms with Gasteiger partial charge in [0.1, 0.15) is 11.1 Å². The smallest absolute Gasteiger partial charge is 0.122 e. The first-order valence-corrected chi connectivity index (χ1v) is 10.7. The number of halogens is 2. The third-order valence-electron chi connectivity index (χ3n) is 6.39. The second-order valence-corrected chi connectivity index (χ2v) is 8.73. The van der Waals surface area contributed by atoms with E-state index in [9.17, 15) is 0 Å². The minimum Gasteiger partial charge on any atom is -0.369 e. The van der Waals surface area contributed by atoms with E-state index in [-0.39, 0.29) is 0 Å². The predicted molar refractivity (Wildman–Crippen MR) is 125 cm³/mol. The Morgan fingerprint density at radius 3 is 1.30 bits per heavy atom. The lowest BCUT2D eigenvalue weighted by Crippen LogP contribution is -2.51. The van der Waals surface area contributed by atoms with Gasteiger partial charge in [0.25, 0.3) is 0 Å². The van der Waals surface area contributed by atoms with Crippen LogP contribution >= 0.6 is 23.2 Å². The second kappa shape index (κ2) is 6.28. The van der Waals surface area contributed by atoms with Gasteiger partial charge in [-0.3, -0.25) is 0 Å². The zero-order chi connectivity index (χ0) is 20.3. The van der Waals surface area contributed by atoms with Crippen molar-refractivity contribution in [3.05, 3.63) is 129 Å². The van der Waals surface area contributed by atoms with Gasteiger partial charge in [-0.1, -0.05) is 96.0 Å². The minimum absolute atomic E-state index is 0.553. The SMILES string of the molecule is Clc1ccc2c(c1)NC1(c3ccccc3)c3ccc(Cl)cc3NC21c1ccccc1. The highest BCUT2D eigenvalue weighted by molar-refractivity contribution is 6.31. The fourth-order valence-corrected chi connectivity index (χ4v) is 5.63. The maximum atomic E-state index is 6.41. The van der Waals surface area contributed by atoms with Crippen LogP contribution in [-0.2, 0) is 11.1 Å². The zero-order valence-electron chi connectivity index (χ0n) is 16.0. The fourth-order valence-electron chi connectivity index (χ4n) is 5.29. The number of hydrogen-bond acceptors (Lipinski definition) is 2. The van der Waals surface area contributed by atoms with Gasteiger partial charge in [0.05, 0.1) is 0 Å². The molecule has 0 aliphatic carbocycles. The standard InChI is InChI=1S/C26H18Cl2N2/c27-19-11-13-21-23(15-19)30-26(18-9-5-2-6-10-18)22-14-12-20(28)16-24(22)29-25(21,26)17-7-3-1-4-8-17/h1-16,29-30H. The van der Waals surface area contributed by atoms with Crippen LogP contribution in [0.3, 0.4) is 0 Å². The van der Waals surface area contributed by atoms with Gasteiger partial charge in [0, 0.05) is 32.5 Å². The highest BCUT2D eigenvalue weighted by Gasteiger charge is 2.65. The summed E-state index contributed by atoms with van der Waals surface area (Å²) in [5.74, 6) is 0.